The van der Waals surface area contributed by atoms with E-state index in [4.69, 9.17) is 4.74 Å². The normalized spacial score (nSPS) is 17.6. The van der Waals surface area contributed by atoms with Gasteiger partial charge in [0, 0.05) is 41.5 Å². The Morgan fingerprint density at radius 2 is 2.13 bits per heavy atom. The van der Waals surface area contributed by atoms with Gasteiger partial charge in [-0.05, 0) is 44.4 Å². The number of carbonyl (C=O) groups excluding carboxylic acids is 1. The van der Waals surface area contributed by atoms with E-state index in [9.17, 15) is 9.18 Å². The average molecular weight is 407 g/mol. The molecule has 1 aliphatic carbocycles. The Labute approximate surface area is 173 Å². The molecular formula is C22H22FN5O2. The quantitative estimate of drug-likeness (QED) is 0.675. The van der Waals surface area contributed by atoms with Gasteiger partial charge in [-0.1, -0.05) is 0 Å². The molecule has 0 spiro atoms. The van der Waals surface area contributed by atoms with Crippen LogP contribution in [0.5, 0.6) is 5.88 Å². The number of nitrogens with zero attached hydrogens (tertiary/aromatic N) is 4. The van der Waals surface area contributed by atoms with Crippen molar-refractivity contribution < 1.29 is 13.9 Å². The zero-order valence-electron chi connectivity index (χ0n) is 16.6. The number of halogens is 1. The van der Waals surface area contributed by atoms with Crippen molar-refractivity contribution in [2.24, 2.45) is 0 Å². The lowest BCUT2D eigenvalue weighted by molar-refractivity contribution is 0.0936. The van der Waals surface area contributed by atoms with Gasteiger partial charge in [-0.15, -0.1) is 0 Å². The minimum absolute atomic E-state index is 0.185. The van der Waals surface area contributed by atoms with E-state index in [1.165, 1.54) is 6.20 Å². The van der Waals surface area contributed by atoms with Gasteiger partial charge in [0.15, 0.2) is 5.82 Å². The van der Waals surface area contributed by atoms with Crippen molar-refractivity contribution in [3.05, 3.63) is 59.4 Å². The topological polar surface area (TPSA) is 81.9 Å². The van der Waals surface area contributed by atoms with Gasteiger partial charge in [-0.25, -0.2) is 9.37 Å². The third-order valence-corrected chi connectivity index (χ3v) is 5.54. The van der Waals surface area contributed by atoms with Crippen molar-refractivity contribution in [2.45, 2.75) is 44.7 Å². The van der Waals surface area contributed by atoms with Crippen LogP contribution in [-0.2, 0) is 6.54 Å². The van der Waals surface area contributed by atoms with Gasteiger partial charge in [0.1, 0.15) is 0 Å². The summed E-state index contributed by atoms with van der Waals surface area (Å²) in [6, 6.07) is 6.77. The van der Waals surface area contributed by atoms with E-state index in [0.717, 1.165) is 30.7 Å². The minimum Gasteiger partial charge on any atom is -0.478 e. The maximum atomic E-state index is 14.4. The fourth-order valence-electron chi connectivity index (χ4n) is 3.84. The Morgan fingerprint density at radius 1 is 1.27 bits per heavy atom. The fourth-order valence-corrected chi connectivity index (χ4v) is 3.84. The van der Waals surface area contributed by atoms with Crippen molar-refractivity contribution in [1.29, 1.82) is 0 Å². The van der Waals surface area contributed by atoms with E-state index in [-0.39, 0.29) is 17.8 Å². The highest BCUT2D eigenvalue weighted by Gasteiger charge is 2.29. The smallest absolute Gasteiger partial charge is 0.252 e. The Balaban J connectivity index is 1.37. The van der Waals surface area contributed by atoms with Gasteiger partial charge in [-0.3, -0.25) is 14.5 Å². The SMILES string of the molecule is CCOc1cc(C(=O)N[C@@H]2CCn3nc(-c4cc(C5CC5)ncc4F)cc32)ccn1. The van der Waals surface area contributed by atoms with Crippen LogP contribution < -0.4 is 10.1 Å². The summed E-state index contributed by atoms with van der Waals surface area (Å²) in [5.74, 6) is 0.277. The lowest BCUT2D eigenvalue weighted by Gasteiger charge is -2.12. The Kier molecular flexibility index (Phi) is 4.69. The summed E-state index contributed by atoms with van der Waals surface area (Å²) >= 11 is 0. The molecule has 0 aromatic carbocycles. The molecule has 3 aromatic rings. The highest BCUT2D eigenvalue weighted by Crippen LogP contribution is 2.40. The molecular weight excluding hydrogens is 385 g/mol. The number of hydrogen-bond acceptors (Lipinski definition) is 5. The van der Waals surface area contributed by atoms with Crippen molar-refractivity contribution >= 4 is 5.91 Å². The van der Waals surface area contributed by atoms with Gasteiger partial charge in [0.2, 0.25) is 5.88 Å². The van der Waals surface area contributed by atoms with Crippen LogP contribution in [0.1, 0.15) is 59.9 Å². The summed E-state index contributed by atoms with van der Waals surface area (Å²) in [5, 5.41) is 7.63. The second kappa shape index (κ2) is 7.51. The van der Waals surface area contributed by atoms with Crippen LogP contribution in [0.4, 0.5) is 4.39 Å². The molecule has 0 radical (unpaired) electrons. The number of amides is 1. The van der Waals surface area contributed by atoms with E-state index in [1.807, 2.05) is 23.7 Å². The lowest BCUT2D eigenvalue weighted by atomic mass is 10.1. The van der Waals surface area contributed by atoms with E-state index in [0.29, 0.717) is 41.8 Å². The average Bonchev–Trinajstić information content (AvgIpc) is 3.41. The predicted octanol–water partition coefficient (Wildman–Crippen LogP) is 3.63. The number of nitrogens with one attached hydrogen (secondary N) is 1. The molecule has 5 rings (SSSR count). The van der Waals surface area contributed by atoms with Crippen LogP contribution in [0.15, 0.2) is 36.7 Å². The number of fused-ring (bicyclic) bond motifs is 1. The van der Waals surface area contributed by atoms with Crippen LogP contribution in [0.25, 0.3) is 11.3 Å². The van der Waals surface area contributed by atoms with Gasteiger partial charge in [0.25, 0.3) is 5.91 Å². The standard InChI is InChI=1S/C22H22FN5O2/c1-2-30-21-9-14(5-7-24-21)22(29)26-17-6-8-28-20(17)11-19(27-28)15-10-18(13-3-4-13)25-12-16(15)23/h5,7,9-13,17H,2-4,6,8H2,1H3,(H,26,29)/t17-/m1/s1. The van der Waals surface area contributed by atoms with E-state index in [1.54, 1.807) is 18.3 Å². The number of ether oxygens (including phenoxy) is 1. The summed E-state index contributed by atoms with van der Waals surface area (Å²) in [7, 11) is 0. The molecule has 4 heterocycles. The number of aryl methyl sites for hydroxylation is 1. The van der Waals surface area contributed by atoms with Gasteiger partial charge in [-0.2, -0.15) is 5.10 Å². The molecule has 1 saturated carbocycles. The molecule has 2 aliphatic rings. The summed E-state index contributed by atoms with van der Waals surface area (Å²) in [6.07, 6.45) is 5.79. The van der Waals surface area contributed by atoms with Gasteiger partial charge in [0.05, 0.1) is 30.2 Å². The van der Waals surface area contributed by atoms with Crippen molar-refractivity contribution in [2.75, 3.05) is 6.61 Å². The zero-order chi connectivity index (χ0) is 20.7. The molecule has 1 fully saturated rings. The first-order valence-corrected chi connectivity index (χ1v) is 10.3. The Hall–Kier alpha value is -3.29. The Morgan fingerprint density at radius 3 is 2.93 bits per heavy atom. The largest absolute Gasteiger partial charge is 0.478 e. The summed E-state index contributed by atoms with van der Waals surface area (Å²) in [5.41, 5.74) is 3.33. The molecule has 1 N–H and O–H groups in total. The lowest BCUT2D eigenvalue weighted by Crippen LogP contribution is -2.27. The van der Waals surface area contributed by atoms with Gasteiger partial charge >= 0.3 is 0 Å². The maximum absolute atomic E-state index is 14.4. The van der Waals surface area contributed by atoms with Crippen LogP contribution >= 0.6 is 0 Å². The monoisotopic (exact) mass is 407 g/mol. The number of pyridine rings is 2. The summed E-state index contributed by atoms with van der Waals surface area (Å²) < 4.78 is 21.6. The van der Waals surface area contributed by atoms with Crippen LogP contribution in [-0.4, -0.2) is 32.3 Å². The van der Waals surface area contributed by atoms with E-state index in [2.05, 4.69) is 20.4 Å². The molecule has 0 unspecified atom stereocenters. The molecule has 1 amide bonds. The molecule has 30 heavy (non-hydrogen) atoms. The molecule has 7 nitrogen and oxygen atoms in total. The molecule has 0 bridgehead atoms. The Bertz CT molecular complexity index is 1110. The number of carbonyl (C=O) groups is 1. The number of hydrogen-bond donors (Lipinski definition) is 1. The van der Waals surface area contributed by atoms with Crippen LogP contribution in [0.2, 0.25) is 0 Å². The molecule has 0 saturated heterocycles. The highest BCUT2D eigenvalue weighted by atomic mass is 19.1. The predicted molar refractivity (Wildman–Crippen MR) is 108 cm³/mol. The first kappa shape index (κ1) is 18.7. The summed E-state index contributed by atoms with van der Waals surface area (Å²) in [4.78, 5) is 21.0. The van der Waals surface area contributed by atoms with Gasteiger partial charge < -0.3 is 10.1 Å². The van der Waals surface area contributed by atoms with Crippen molar-refractivity contribution in [1.82, 2.24) is 25.1 Å². The molecule has 1 aliphatic heterocycles. The zero-order valence-corrected chi connectivity index (χ0v) is 16.6. The van der Waals surface area contributed by atoms with Crippen molar-refractivity contribution in [3.8, 4) is 17.1 Å². The molecule has 8 heteroatoms. The highest BCUT2D eigenvalue weighted by molar-refractivity contribution is 5.94. The van der Waals surface area contributed by atoms with E-state index < -0.39 is 0 Å². The van der Waals surface area contributed by atoms with Crippen LogP contribution in [0.3, 0.4) is 0 Å². The first-order valence-electron chi connectivity index (χ1n) is 10.3. The fraction of sp³-hybridized carbons (Fsp3) is 0.364. The number of aromatic nitrogens is 4. The molecule has 154 valence electrons. The molecule has 3 aromatic heterocycles. The number of rotatable bonds is 6. The van der Waals surface area contributed by atoms with E-state index >= 15 is 0 Å². The first-order chi connectivity index (χ1) is 14.6. The summed E-state index contributed by atoms with van der Waals surface area (Å²) in [6.45, 7) is 3.02. The maximum Gasteiger partial charge on any atom is 0.252 e. The van der Waals surface area contributed by atoms with Crippen molar-refractivity contribution in [3.63, 3.8) is 0 Å². The third-order valence-electron chi connectivity index (χ3n) is 5.54. The third kappa shape index (κ3) is 3.53. The minimum atomic E-state index is -0.378. The second-order valence-corrected chi connectivity index (χ2v) is 7.67. The molecule has 1 atom stereocenters. The second-order valence-electron chi connectivity index (χ2n) is 7.67. The van der Waals surface area contributed by atoms with Crippen LogP contribution in [0, 0.1) is 5.82 Å².